The second-order valence-electron chi connectivity index (χ2n) is 7.89. The zero-order chi connectivity index (χ0) is 22.8. The van der Waals surface area contributed by atoms with Crippen LogP contribution in [0.4, 0.5) is 0 Å². The molecule has 4 rings (SSSR count). The standard InChI is InChI=1S/C24H28N2O6/c1-29-17-5-6-20(30-2)16(9-17)11-23(27)25-13-19-18-12-22(32-4)21(31-3)10-15(18)7-8-26(19)24(28)14-25/h5-6,9-10,12,19H,7-8,11,13-14H2,1-4H3. The Balaban J connectivity index is 1.60. The summed E-state index contributed by atoms with van der Waals surface area (Å²) in [5, 5.41) is 0. The molecule has 1 unspecified atom stereocenters. The van der Waals surface area contributed by atoms with Crippen molar-refractivity contribution in [2.24, 2.45) is 0 Å². The normalized spacial score (nSPS) is 17.4. The number of nitrogens with zero attached hydrogens (tertiary/aromatic N) is 2. The van der Waals surface area contributed by atoms with Crippen molar-refractivity contribution in [3.05, 3.63) is 47.0 Å². The van der Waals surface area contributed by atoms with E-state index in [1.165, 1.54) is 0 Å². The molecule has 32 heavy (non-hydrogen) atoms. The number of amides is 2. The van der Waals surface area contributed by atoms with Crippen molar-refractivity contribution < 1.29 is 28.5 Å². The Labute approximate surface area is 187 Å². The molecule has 0 spiro atoms. The molecular formula is C24H28N2O6. The highest BCUT2D eigenvalue weighted by Gasteiger charge is 2.39. The van der Waals surface area contributed by atoms with E-state index in [4.69, 9.17) is 18.9 Å². The predicted octanol–water partition coefficient (Wildman–Crippen LogP) is 2.23. The lowest BCUT2D eigenvalue weighted by Crippen LogP contribution is -2.56. The van der Waals surface area contributed by atoms with Crippen molar-refractivity contribution >= 4 is 11.8 Å². The van der Waals surface area contributed by atoms with Crippen LogP contribution in [0, 0.1) is 0 Å². The molecule has 0 aromatic heterocycles. The van der Waals surface area contributed by atoms with E-state index >= 15 is 0 Å². The van der Waals surface area contributed by atoms with Gasteiger partial charge in [0, 0.05) is 18.7 Å². The largest absolute Gasteiger partial charge is 0.497 e. The Kier molecular flexibility index (Phi) is 6.12. The summed E-state index contributed by atoms with van der Waals surface area (Å²) in [6.45, 7) is 1.13. The van der Waals surface area contributed by atoms with Gasteiger partial charge in [-0.15, -0.1) is 0 Å². The van der Waals surface area contributed by atoms with Crippen LogP contribution in [0.1, 0.15) is 22.7 Å². The molecule has 0 aliphatic carbocycles. The summed E-state index contributed by atoms with van der Waals surface area (Å²) >= 11 is 0. The van der Waals surface area contributed by atoms with Crippen LogP contribution in [0.3, 0.4) is 0 Å². The summed E-state index contributed by atoms with van der Waals surface area (Å²) < 4.78 is 21.6. The van der Waals surface area contributed by atoms with E-state index in [2.05, 4.69) is 0 Å². The molecule has 0 N–H and O–H groups in total. The monoisotopic (exact) mass is 440 g/mol. The van der Waals surface area contributed by atoms with Crippen molar-refractivity contribution in [3.8, 4) is 23.0 Å². The van der Waals surface area contributed by atoms with Crippen LogP contribution in [-0.4, -0.2) is 69.7 Å². The van der Waals surface area contributed by atoms with Gasteiger partial charge in [0.2, 0.25) is 11.8 Å². The van der Waals surface area contributed by atoms with Gasteiger partial charge in [-0.25, -0.2) is 0 Å². The molecule has 1 fully saturated rings. The Morgan fingerprint density at radius 1 is 0.969 bits per heavy atom. The summed E-state index contributed by atoms with van der Waals surface area (Å²) in [4.78, 5) is 29.6. The Morgan fingerprint density at radius 3 is 2.38 bits per heavy atom. The summed E-state index contributed by atoms with van der Waals surface area (Å²) in [6.07, 6.45) is 0.867. The van der Waals surface area contributed by atoms with E-state index in [1.54, 1.807) is 51.5 Å². The lowest BCUT2D eigenvalue weighted by Gasteiger charge is -2.44. The molecular weight excluding hydrogens is 412 g/mol. The van der Waals surface area contributed by atoms with Crippen LogP contribution in [-0.2, 0) is 22.4 Å². The average Bonchev–Trinajstić information content (AvgIpc) is 2.82. The Bertz CT molecular complexity index is 1040. The highest BCUT2D eigenvalue weighted by atomic mass is 16.5. The molecule has 0 saturated carbocycles. The maximum Gasteiger partial charge on any atom is 0.242 e. The number of methoxy groups -OCH3 is 4. The average molecular weight is 440 g/mol. The van der Waals surface area contributed by atoms with Crippen LogP contribution < -0.4 is 18.9 Å². The minimum Gasteiger partial charge on any atom is -0.497 e. The maximum atomic E-state index is 13.2. The second kappa shape index (κ2) is 8.98. The van der Waals surface area contributed by atoms with Crippen LogP contribution >= 0.6 is 0 Å². The van der Waals surface area contributed by atoms with E-state index in [9.17, 15) is 9.59 Å². The van der Waals surface area contributed by atoms with Gasteiger partial charge >= 0.3 is 0 Å². The number of piperazine rings is 1. The molecule has 2 heterocycles. The smallest absolute Gasteiger partial charge is 0.242 e. The molecule has 2 aliphatic rings. The van der Waals surface area contributed by atoms with E-state index in [0.29, 0.717) is 36.1 Å². The van der Waals surface area contributed by atoms with Crippen molar-refractivity contribution in [3.63, 3.8) is 0 Å². The molecule has 2 aliphatic heterocycles. The van der Waals surface area contributed by atoms with Gasteiger partial charge in [-0.2, -0.15) is 0 Å². The van der Waals surface area contributed by atoms with E-state index in [1.807, 2.05) is 17.0 Å². The molecule has 1 atom stereocenters. The van der Waals surface area contributed by atoms with Crippen molar-refractivity contribution in [2.45, 2.75) is 18.9 Å². The van der Waals surface area contributed by atoms with Crippen LogP contribution in [0.15, 0.2) is 30.3 Å². The maximum absolute atomic E-state index is 13.2. The lowest BCUT2D eigenvalue weighted by atomic mass is 9.90. The molecule has 8 nitrogen and oxygen atoms in total. The highest BCUT2D eigenvalue weighted by molar-refractivity contribution is 5.88. The minimum atomic E-state index is -0.212. The predicted molar refractivity (Wildman–Crippen MR) is 118 cm³/mol. The van der Waals surface area contributed by atoms with Gasteiger partial charge < -0.3 is 28.7 Å². The van der Waals surface area contributed by atoms with Gasteiger partial charge in [0.25, 0.3) is 0 Å². The van der Waals surface area contributed by atoms with Crippen LogP contribution in [0.5, 0.6) is 23.0 Å². The SMILES string of the molecule is COc1ccc(OC)c(CC(=O)N2CC(=O)N3CCc4cc(OC)c(OC)cc4C3C2)c1. The molecule has 1 saturated heterocycles. The van der Waals surface area contributed by atoms with Gasteiger partial charge in [0.05, 0.1) is 47.4 Å². The Morgan fingerprint density at radius 2 is 1.69 bits per heavy atom. The number of hydrogen-bond donors (Lipinski definition) is 0. The molecule has 2 aromatic carbocycles. The fourth-order valence-electron chi connectivity index (χ4n) is 4.54. The number of hydrogen-bond acceptors (Lipinski definition) is 6. The van der Waals surface area contributed by atoms with E-state index < -0.39 is 0 Å². The summed E-state index contributed by atoms with van der Waals surface area (Å²) in [5.74, 6) is 2.37. The number of carbonyl (C=O) groups is 2. The lowest BCUT2D eigenvalue weighted by molar-refractivity contribution is -0.149. The summed E-state index contributed by atoms with van der Waals surface area (Å²) in [5.41, 5.74) is 2.83. The van der Waals surface area contributed by atoms with Gasteiger partial charge in [0.1, 0.15) is 11.5 Å². The molecule has 2 amide bonds. The van der Waals surface area contributed by atoms with Gasteiger partial charge in [-0.3, -0.25) is 9.59 Å². The number of carbonyl (C=O) groups excluding carboxylic acids is 2. The first kappa shape index (κ1) is 21.8. The fourth-order valence-corrected chi connectivity index (χ4v) is 4.54. The van der Waals surface area contributed by atoms with Crippen molar-refractivity contribution in [1.82, 2.24) is 9.80 Å². The van der Waals surface area contributed by atoms with Gasteiger partial charge in [-0.05, 0) is 47.9 Å². The molecule has 2 aromatic rings. The van der Waals surface area contributed by atoms with Crippen LogP contribution in [0.25, 0.3) is 0 Å². The first-order chi connectivity index (χ1) is 15.5. The number of fused-ring (bicyclic) bond motifs is 3. The zero-order valence-corrected chi connectivity index (χ0v) is 18.8. The summed E-state index contributed by atoms with van der Waals surface area (Å²) in [6, 6.07) is 9.05. The third-order valence-electron chi connectivity index (χ3n) is 6.22. The number of ether oxygens (including phenoxy) is 4. The minimum absolute atomic E-state index is 0.0485. The van der Waals surface area contributed by atoms with E-state index in [0.717, 1.165) is 23.1 Å². The molecule has 0 radical (unpaired) electrons. The van der Waals surface area contributed by atoms with E-state index in [-0.39, 0.29) is 30.8 Å². The summed E-state index contributed by atoms with van der Waals surface area (Å²) in [7, 11) is 6.35. The highest BCUT2D eigenvalue weighted by Crippen LogP contribution is 2.39. The van der Waals surface area contributed by atoms with Crippen LogP contribution in [0.2, 0.25) is 0 Å². The third kappa shape index (κ3) is 3.92. The fraction of sp³-hybridized carbons (Fsp3) is 0.417. The van der Waals surface area contributed by atoms with Gasteiger partial charge in [-0.1, -0.05) is 0 Å². The first-order valence-corrected chi connectivity index (χ1v) is 10.5. The quantitative estimate of drug-likeness (QED) is 0.686. The second-order valence-corrected chi connectivity index (χ2v) is 7.89. The number of benzene rings is 2. The molecule has 170 valence electrons. The Hall–Kier alpha value is -3.42. The molecule has 8 heteroatoms. The molecule has 0 bridgehead atoms. The zero-order valence-electron chi connectivity index (χ0n) is 18.8. The topological polar surface area (TPSA) is 77.5 Å². The third-order valence-corrected chi connectivity index (χ3v) is 6.22. The van der Waals surface area contributed by atoms with Crippen molar-refractivity contribution in [1.29, 1.82) is 0 Å². The first-order valence-electron chi connectivity index (χ1n) is 10.5. The number of rotatable bonds is 6. The van der Waals surface area contributed by atoms with Crippen molar-refractivity contribution in [2.75, 3.05) is 48.1 Å². The van der Waals surface area contributed by atoms with Gasteiger partial charge in [0.15, 0.2) is 11.5 Å².